The second-order valence-electron chi connectivity index (χ2n) is 6.92. The van der Waals surface area contributed by atoms with Crippen LogP contribution in [0.2, 0.25) is 0 Å². The van der Waals surface area contributed by atoms with Crippen molar-refractivity contribution in [1.29, 1.82) is 0 Å². The number of phenolic OH excluding ortho intramolecular Hbond substituents is 1. The van der Waals surface area contributed by atoms with Crippen LogP contribution in [0.3, 0.4) is 0 Å². The van der Waals surface area contributed by atoms with Gasteiger partial charge >= 0.3 is 0 Å². The van der Waals surface area contributed by atoms with E-state index in [-0.39, 0.29) is 23.7 Å². The van der Waals surface area contributed by atoms with Crippen LogP contribution in [0.25, 0.3) is 0 Å². The van der Waals surface area contributed by atoms with E-state index < -0.39 is 6.85 Å². The maximum absolute atomic E-state index is 10.6. The van der Waals surface area contributed by atoms with Gasteiger partial charge in [-0.25, -0.2) is 0 Å². The van der Waals surface area contributed by atoms with Gasteiger partial charge < -0.3 is 9.84 Å². The lowest BCUT2D eigenvalue weighted by molar-refractivity contribution is 0.0107. The van der Waals surface area contributed by atoms with Crippen LogP contribution in [0, 0.1) is 5.92 Å². The highest BCUT2D eigenvalue weighted by Crippen LogP contribution is 2.53. The predicted octanol–water partition coefficient (Wildman–Crippen LogP) is 4.96. The van der Waals surface area contributed by atoms with Gasteiger partial charge in [0.1, 0.15) is 17.1 Å². The number of hydrogen-bond acceptors (Lipinski definition) is 2. The van der Waals surface area contributed by atoms with E-state index in [1.54, 1.807) is 6.07 Å². The van der Waals surface area contributed by atoms with Crippen LogP contribution in [0.1, 0.15) is 68.0 Å². The number of ether oxygens (including phenoxy) is 1. The Bertz CT molecular complexity index is 674. The predicted molar refractivity (Wildman–Crippen MR) is 86.0 cm³/mol. The van der Waals surface area contributed by atoms with Crippen LogP contribution in [-0.4, -0.2) is 10.7 Å². The van der Waals surface area contributed by atoms with Gasteiger partial charge in [0.25, 0.3) is 0 Å². The standard InChI is InChI=1S/C19H26O2/c1-5-6-13-10-16(20)18-14-9-12(2)7-8-15(14)19(3,4)21-17(18)11-13/h9-11,14-15,20H,5-8H2,1-4H3/t14-,15-/m1/s1/i1D3. The largest absolute Gasteiger partial charge is 0.507 e. The van der Waals surface area contributed by atoms with Crippen molar-refractivity contribution < 1.29 is 14.0 Å². The van der Waals surface area contributed by atoms with E-state index in [0.29, 0.717) is 18.1 Å². The smallest absolute Gasteiger partial charge is 0.127 e. The van der Waals surface area contributed by atoms with Gasteiger partial charge in [0.2, 0.25) is 0 Å². The zero-order valence-corrected chi connectivity index (χ0v) is 13.1. The molecule has 0 spiro atoms. The summed E-state index contributed by atoms with van der Waals surface area (Å²) < 4.78 is 28.3. The van der Waals surface area contributed by atoms with Crippen molar-refractivity contribution in [2.45, 2.75) is 64.8 Å². The number of benzene rings is 1. The van der Waals surface area contributed by atoms with Crippen LogP contribution >= 0.6 is 0 Å². The lowest BCUT2D eigenvalue weighted by atomic mass is 9.68. The van der Waals surface area contributed by atoms with Crippen LogP contribution in [0.5, 0.6) is 11.5 Å². The first-order chi connectivity index (χ1) is 11.1. The fraction of sp³-hybridized carbons (Fsp3) is 0.579. The van der Waals surface area contributed by atoms with Crippen molar-refractivity contribution in [2.75, 3.05) is 0 Å². The fourth-order valence-electron chi connectivity index (χ4n) is 3.87. The van der Waals surface area contributed by atoms with Crippen LogP contribution < -0.4 is 4.74 Å². The molecule has 0 unspecified atom stereocenters. The number of fused-ring (bicyclic) bond motifs is 3. The van der Waals surface area contributed by atoms with Gasteiger partial charge in [-0.1, -0.05) is 24.9 Å². The first-order valence-corrected chi connectivity index (χ1v) is 7.79. The number of phenols is 1. The molecule has 1 heterocycles. The summed E-state index contributed by atoms with van der Waals surface area (Å²) >= 11 is 0. The van der Waals surface area contributed by atoms with Gasteiger partial charge in [-0.2, -0.15) is 0 Å². The maximum Gasteiger partial charge on any atom is 0.127 e. The van der Waals surface area contributed by atoms with E-state index in [9.17, 15) is 5.11 Å². The van der Waals surface area contributed by atoms with E-state index in [4.69, 9.17) is 8.85 Å². The molecule has 1 aromatic carbocycles. The lowest BCUT2D eigenvalue weighted by Crippen LogP contribution is -2.45. The Morgan fingerprint density at radius 2 is 2.24 bits per heavy atom. The van der Waals surface area contributed by atoms with Crippen molar-refractivity contribution in [2.24, 2.45) is 5.92 Å². The summed E-state index contributed by atoms with van der Waals surface area (Å²) in [5, 5.41) is 10.6. The Morgan fingerprint density at radius 3 is 3.00 bits per heavy atom. The molecule has 0 amide bonds. The van der Waals surface area contributed by atoms with Crippen molar-refractivity contribution >= 4 is 0 Å². The van der Waals surface area contributed by atoms with Gasteiger partial charge in [-0.05, 0) is 57.7 Å². The molecule has 0 saturated carbocycles. The van der Waals surface area contributed by atoms with Crippen molar-refractivity contribution in [1.82, 2.24) is 0 Å². The number of aryl methyl sites for hydroxylation is 1. The quantitative estimate of drug-likeness (QED) is 0.780. The summed E-state index contributed by atoms with van der Waals surface area (Å²) in [4.78, 5) is 0. The molecule has 114 valence electrons. The first-order valence-electron chi connectivity index (χ1n) is 9.29. The van der Waals surface area contributed by atoms with Crippen LogP contribution in [0.15, 0.2) is 23.8 Å². The molecule has 2 nitrogen and oxygen atoms in total. The SMILES string of the molecule is [2H]C([2H])([2H])CCc1cc(O)c2c(c1)OC(C)(C)[C@@H]1CCC(C)=C[C@@H]21. The summed E-state index contributed by atoms with van der Waals surface area (Å²) in [6, 6.07) is 3.62. The Kier molecular flexibility index (Phi) is 2.70. The van der Waals surface area contributed by atoms with Gasteiger partial charge in [0.15, 0.2) is 0 Å². The second kappa shape index (κ2) is 5.08. The number of hydrogen-bond donors (Lipinski definition) is 1. The third kappa shape index (κ3) is 2.45. The van der Waals surface area contributed by atoms with E-state index in [2.05, 4.69) is 26.8 Å². The summed E-state index contributed by atoms with van der Waals surface area (Å²) in [6.45, 7) is 4.39. The Labute approximate surface area is 132 Å². The normalized spacial score (nSPS) is 29.1. The molecule has 2 heteroatoms. The van der Waals surface area contributed by atoms with E-state index in [0.717, 1.165) is 24.0 Å². The Morgan fingerprint density at radius 1 is 1.43 bits per heavy atom. The molecule has 3 rings (SSSR count). The molecule has 0 saturated heterocycles. The summed E-state index contributed by atoms with van der Waals surface area (Å²) in [5.41, 5.74) is 2.72. The van der Waals surface area contributed by atoms with Crippen molar-refractivity contribution in [3.05, 3.63) is 34.9 Å². The minimum atomic E-state index is -1.96. The zero-order chi connectivity index (χ0) is 17.7. The monoisotopic (exact) mass is 289 g/mol. The average Bonchev–Trinajstić information content (AvgIpc) is 2.42. The molecule has 0 fully saturated rings. The number of rotatable bonds is 2. The lowest BCUT2D eigenvalue weighted by Gasteiger charge is -2.46. The summed E-state index contributed by atoms with van der Waals surface area (Å²) in [6.07, 6.45) is 4.89. The Hall–Kier alpha value is -1.44. The van der Waals surface area contributed by atoms with Gasteiger partial charge in [-0.15, -0.1) is 0 Å². The van der Waals surface area contributed by atoms with E-state index in [1.165, 1.54) is 5.57 Å². The molecule has 1 aliphatic heterocycles. The van der Waals surface area contributed by atoms with Crippen LogP contribution in [0.4, 0.5) is 0 Å². The van der Waals surface area contributed by atoms with E-state index in [1.807, 2.05) is 6.07 Å². The van der Waals surface area contributed by atoms with Crippen LogP contribution in [-0.2, 0) is 6.42 Å². The molecule has 2 aliphatic rings. The molecular formula is C19H26O2. The maximum atomic E-state index is 10.6. The van der Waals surface area contributed by atoms with Crippen molar-refractivity contribution in [3.63, 3.8) is 0 Å². The molecule has 0 bridgehead atoms. The first kappa shape index (κ1) is 11.2. The Balaban J connectivity index is 2.00. The fourth-order valence-corrected chi connectivity index (χ4v) is 3.87. The number of aromatic hydroxyl groups is 1. The summed E-state index contributed by atoms with van der Waals surface area (Å²) in [7, 11) is 0. The highest BCUT2D eigenvalue weighted by Gasteiger charge is 2.45. The second-order valence-corrected chi connectivity index (χ2v) is 6.92. The highest BCUT2D eigenvalue weighted by molar-refractivity contribution is 5.53. The van der Waals surface area contributed by atoms with Gasteiger partial charge in [0.05, 0.1) is 0 Å². The zero-order valence-electron chi connectivity index (χ0n) is 16.1. The topological polar surface area (TPSA) is 29.5 Å². The molecular weight excluding hydrogens is 260 g/mol. The van der Waals surface area contributed by atoms with Gasteiger partial charge in [-0.3, -0.25) is 0 Å². The molecule has 21 heavy (non-hydrogen) atoms. The highest BCUT2D eigenvalue weighted by atomic mass is 16.5. The molecule has 1 N–H and O–H groups in total. The average molecular weight is 289 g/mol. The number of allylic oxidation sites excluding steroid dienone is 2. The third-order valence-corrected chi connectivity index (χ3v) is 4.94. The molecule has 1 aromatic rings. The van der Waals surface area contributed by atoms with E-state index >= 15 is 0 Å². The minimum Gasteiger partial charge on any atom is -0.507 e. The molecule has 1 aliphatic carbocycles. The third-order valence-electron chi connectivity index (χ3n) is 4.94. The van der Waals surface area contributed by atoms with Crippen molar-refractivity contribution in [3.8, 4) is 11.5 Å². The molecule has 2 atom stereocenters. The van der Waals surface area contributed by atoms with Gasteiger partial charge in [0, 0.05) is 21.5 Å². The minimum absolute atomic E-state index is 0.0969. The summed E-state index contributed by atoms with van der Waals surface area (Å²) in [5.74, 6) is 1.43. The molecule has 0 aromatic heterocycles. The molecule has 0 radical (unpaired) electrons.